The van der Waals surface area contributed by atoms with Gasteiger partial charge in [-0.1, -0.05) is 0 Å². The van der Waals surface area contributed by atoms with E-state index in [9.17, 15) is 0 Å². The molecule has 1 aliphatic heterocycles. The highest BCUT2D eigenvalue weighted by Crippen LogP contribution is 2.43. The van der Waals surface area contributed by atoms with Crippen molar-refractivity contribution < 1.29 is 9.47 Å². The molecule has 16 heavy (non-hydrogen) atoms. The Bertz CT molecular complexity index is 348. The molecule has 1 spiro atoms. The van der Waals surface area contributed by atoms with Crippen LogP contribution in [-0.4, -0.2) is 23.3 Å². The topological polar surface area (TPSA) is 31.4 Å². The average molecular weight is 219 g/mol. The summed E-state index contributed by atoms with van der Waals surface area (Å²) in [6.45, 7) is 0.838. The van der Waals surface area contributed by atoms with E-state index in [0.29, 0.717) is 6.10 Å². The van der Waals surface area contributed by atoms with Gasteiger partial charge in [-0.2, -0.15) is 0 Å². The van der Waals surface area contributed by atoms with Crippen molar-refractivity contribution in [3.05, 3.63) is 24.5 Å². The van der Waals surface area contributed by atoms with Gasteiger partial charge in [-0.15, -0.1) is 0 Å². The highest BCUT2D eigenvalue weighted by molar-refractivity contribution is 5.16. The Kier molecular flexibility index (Phi) is 2.56. The summed E-state index contributed by atoms with van der Waals surface area (Å²) in [4.78, 5) is 4.06. The van der Waals surface area contributed by atoms with Crippen molar-refractivity contribution in [2.24, 2.45) is 0 Å². The standard InChI is InChI=1S/C13H17NO2/c1-3-12(10-14-7-1)16-11-4-8-15-13(9-11)5-2-6-13/h1,3,7,10-11H,2,4-6,8-9H2. The molecule has 1 saturated carbocycles. The van der Waals surface area contributed by atoms with Gasteiger partial charge >= 0.3 is 0 Å². The van der Waals surface area contributed by atoms with E-state index in [1.807, 2.05) is 12.1 Å². The molecule has 1 saturated heterocycles. The van der Waals surface area contributed by atoms with E-state index in [-0.39, 0.29) is 5.60 Å². The maximum Gasteiger partial charge on any atom is 0.138 e. The number of hydrogen-bond donors (Lipinski definition) is 0. The van der Waals surface area contributed by atoms with Gasteiger partial charge in [0.2, 0.25) is 0 Å². The van der Waals surface area contributed by atoms with Crippen LogP contribution in [0.3, 0.4) is 0 Å². The smallest absolute Gasteiger partial charge is 0.138 e. The minimum atomic E-state index is 0.158. The van der Waals surface area contributed by atoms with Crippen molar-refractivity contribution in [2.75, 3.05) is 6.61 Å². The maximum absolute atomic E-state index is 5.94. The van der Waals surface area contributed by atoms with E-state index in [0.717, 1.165) is 25.2 Å². The summed E-state index contributed by atoms with van der Waals surface area (Å²) in [5.74, 6) is 0.879. The summed E-state index contributed by atoms with van der Waals surface area (Å²) in [7, 11) is 0. The fourth-order valence-corrected chi connectivity index (χ4v) is 2.61. The summed E-state index contributed by atoms with van der Waals surface area (Å²) in [5, 5.41) is 0. The molecule has 0 N–H and O–H groups in total. The Morgan fingerprint density at radius 3 is 3.06 bits per heavy atom. The molecule has 3 rings (SSSR count). The fraction of sp³-hybridized carbons (Fsp3) is 0.615. The molecule has 86 valence electrons. The second-order valence-corrected chi connectivity index (χ2v) is 4.81. The van der Waals surface area contributed by atoms with Crippen molar-refractivity contribution in [3.63, 3.8) is 0 Å². The van der Waals surface area contributed by atoms with Crippen LogP contribution in [0.4, 0.5) is 0 Å². The average Bonchev–Trinajstić information content (AvgIpc) is 2.29. The SMILES string of the molecule is c1cncc(OC2CCOC3(CCC3)C2)c1. The lowest BCUT2D eigenvalue weighted by Gasteiger charge is -2.46. The van der Waals surface area contributed by atoms with Crippen molar-refractivity contribution in [2.45, 2.75) is 43.8 Å². The predicted molar refractivity (Wildman–Crippen MR) is 60.4 cm³/mol. The molecule has 0 bridgehead atoms. The third-order valence-electron chi connectivity index (χ3n) is 3.65. The van der Waals surface area contributed by atoms with E-state index in [1.54, 1.807) is 12.4 Å². The highest BCUT2D eigenvalue weighted by Gasteiger charge is 2.43. The molecule has 2 fully saturated rings. The molecular weight excluding hydrogens is 202 g/mol. The van der Waals surface area contributed by atoms with Gasteiger partial charge in [-0.3, -0.25) is 4.98 Å². The largest absolute Gasteiger partial charge is 0.489 e. The van der Waals surface area contributed by atoms with Gasteiger partial charge in [-0.25, -0.2) is 0 Å². The normalized spacial score (nSPS) is 27.4. The number of aromatic nitrogens is 1. The molecular formula is C13H17NO2. The molecule has 3 nitrogen and oxygen atoms in total. The first-order chi connectivity index (χ1) is 7.86. The summed E-state index contributed by atoms with van der Waals surface area (Å²) < 4.78 is 11.8. The van der Waals surface area contributed by atoms with Crippen LogP contribution in [-0.2, 0) is 4.74 Å². The minimum Gasteiger partial charge on any atom is -0.489 e. The van der Waals surface area contributed by atoms with Crippen molar-refractivity contribution in [1.82, 2.24) is 4.98 Å². The van der Waals surface area contributed by atoms with Crippen LogP contribution in [0.25, 0.3) is 0 Å². The van der Waals surface area contributed by atoms with Gasteiger partial charge in [0.25, 0.3) is 0 Å². The number of ether oxygens (including phenoxy) is 2. The first kappa shape index (κ1) is 10.1. The Labute approximate surface area is 95.8 Å². The van der Waals surface area contributed by atoms with Gasteiger partial charge in [-0.05, 0) is 31.4 Å². The Hall–Kier alpha value is -1.09. The number of rotatable bonds is 2. The molecule has 1 unspecified atom stereocenters. The van der Waals surface area contributed by atoms with Gasteiger partial charge in [0, 0.05) is 19.0 Å². The predicted octanol–water partition coefficient (Wildman–Crippen LogP) is 2.56. The quantitative estimate of drug-likeness (QED) is 0.766. The van der Waals surface area contributed by atoms with Crippen LogP contribution < -0.4 is 4.74 Å². The van der Waals surface area contributed by atoms with E-state index in [1.165, 1.54) is 19.3 Å². The molecule has 2 heterocycles. The van der Waals surface area contributed by atoms with Gasteiger partial charge in [0.15, 0.2) is 0 Å². The summed E-state index contributed by atoms with van der Waals surface area (Å²) in [6.07, 6.45) is 9.61. The Morgan fingerprint density at radius 1 is 1.44 bits per heavy atom. The van der Waals surface area contributed by atoms with Gasteiger partial charge in [0.1, 0.15) is 11.9 Å². The third kappa shape index (κ3) is 1.92. The number of pyridine rings is 1. The van der Waals surface area contributed by atoms with Gasteiger partial charge < -0.3 is 9.47 Å². The lowest BCUT2D eigenvalue weighted by Crippen LogP contribution is -2.48. The summed E-state index contributed by atoms with van der Waals surface area (Å²) in [5.41, 5.74) is 0.158. The summed E-state index contributed by atoms with van der Waals surface area (Å²) >= 11 is 0. The van der Waals surface area contributed by atoms with Crippen molar-refractivity contribution >= 4 is 0 Å². The van der Waals surface area contributed by atoms with Crippen molar-refractivity contribution in [1.29, 1.82) is 0 Å². The van der Waals surface area contributed by atoms with Gasteiger partial charge in [0.05, 0.1) is 18.4 Å². The molecule has 2 aliphatic rings. The lowest BCUT2D eigenvalue weighted by molar-refractivity contribution is -0.153. The van der Waals surface area contributed by atoms with Crippen LogP contribution in [0.15, 0.2) is 24.5 Å². The van der Waals surface area contributed by atoms with Crippen LogP contribution in [0.5, 0.6) is 5.75 Å². The maximum atomic E-state index is 5.94. The highest BCUT2D eigenvalue weighted by atomic mass is 16.5. The zero-order valence-corrected chi connectivity index (χ0v) is 9.39. The first-order valence-corrected chi connectivity index (χ1v) is 6.07. The molecule has 1 aromatic heterocycles. The first-order valence-electron chi connectivity index (χ1n) is 6.07. The number of hydrogen-bond acceptors (Lipinski definition) is 3. The molecule has 1 atom stereocenters. The zero-order valence-electron chi connectivity index (χ0n) is 9.39. The minimum absolute atomic E-state index is 0.158. The molecule has 1 aromatic rings. The van der Waals surface area contributed by atoms with Crippen LogP contribution in [0, 0.1) is 0 Å². The molecule has 0 amide bonds. The van der Waals surface area contributed by atoms with E-state index >= 15 is 0 Å². The van der Waals surface area contributed by atoms with E-state index in [2.05, 4.69) is 4.98 Å². The van der Waals surface area contributed by atoms with Crippen LogP contribution >= 0.6 is 0 Å². The molecule has 1 aliphatic carbocycles. The monoisotopic (exact) mass is 219 g/mol. The molecule has 3 heteroatoms. The zero-order chi connectivity index (χ0) is 10.8. The number of nitrogens with zero attached hydrogens (tertiary/aromatic N) is 1. The summed E-state index contributed by atoms with van der Waals surface area (Å²) in [6, 6.07) is 3.88. The fourth-order valence-electron chi connectivity index (χ4n) is 2.61. The van der Waals surface area contributed by atoms with E-state index in [4.69, 9.17) is 9.47 Å². The second kappa shape index (κ2) is 4.06. The Balaban J connectivity index is 1.63. The molecule has 0 radical (unpaired) electrons. The van der Waals surface area contributed by atoms with Crippen LogP contribution in [0.2, 0.25) is 0 Å². The Morgan fingerprint density at radius 2 is 2.38 bits per heavy atom. The second-order valence-electron chi connectivity index (χ2n) is 4.81. The van der Waals surface area contributed by atoms with Crippen LogP contribution in [0.1, 0.15) is 32.1 Å². The molecule has 0 aromatic carbocycles. The van der Waals surface area contributed by atoms with Crippen molar-refractivity contribution in [3.8, 4) is 5.75 Å². The third-order valence-corrected chi connectivity index (χ3v) is 3.65. The van der Waals surface area contributed by atoms with E-state index < -0.39 is 0 Å². The lowest BCUT2D eigenvalue weighted by atomic mass is 9.74.